The second-order valence-corrected chi connectivity index (χ2v) is 15.2. The first-order chi connectivity index (χ1) is 14.3. The molecule has 0 aliphatic carbocycles. The van der Waals surface area contributed by atoms with Crippen LogP contribution in [0.4, 0.5) is 0 Å². The molecule has 0 aliphatic heterocycles. The van der Waals surface area contributed by atoms with Crippen LogP contribution >= 0.6 is 0 Å². The van der Waals surface area contributed by atoms with Crippen LogP contribution in [0.15, 0.2) is 24.6 Å². The van der Waals surface area contributed by atoms with E-state index in [1.165, 1.54) is 77.0 Å². The highest BCUT2D eigenvalue weighted by Gasteiger charge is 2.40. The van der Waals surface area contributed by atoms with E-state index < -0.39 is 17.1 Å². The SMILES string of the molecule is C=C[Si](C)(OCCCCCCCCCCCC)O[Si](C)(C=C)OC(C)CCCCC. The summed E-state index contributed by atoms with van der Waals surface area (Å²) in [6, 6.07) is 0. The predicted molar refractivity (Wildman–Crippen MR) is 137 cm³/mol. The van der Waals surface area contributed by atoms with Crippen LogP contribution in [0.2, 0.25) is 13.1 Å². The maximum atomic E-state index is 6.49. The highest BCUT2D eigenvalue weighted by atomic mass is 28.5. The second kappa shape index (κ2) is 18.4. The summed E-state index contributed by atoms with van der Waals surface area (Å²) in [5.74, 6) is 0. The number of hydrogen-bond donors (Lipinski definition) is 0. The summed E-state index contributed by atoms with van der Waals surface area (Å²) >= 11 is 0. The molecule has 0 heterocycles. The van der Waals surface area contributed by atoms with Gasteiger partial charge in [-0.05, 0) is 32.9 Å². The largest absolute Gasteiger partial charge is 0.409 e. The van der Waals surface area contributed by atoms with Crippen LogP contribution in [0.3, 0.4) is 0 Å². The molecule has 3 unspecified atom stereocenters. The summed E-state index contributed by atoms with van der Waals surface area (Å²) in [6.45, 7) is 19.6. The number of hydrogen-bond acceptors (Lipinski definition) is 3. The highest BCUT2D eigenvalue weighted by molar-refractivity contribution is 6.84. The molecule has 0 saturated carbocycles. The molecule has 30 heavy (non-hydrogen) atoms. The quantitative estimate of drug-likeness (QED) is 0.121. The molecular formula is C25H52O3Si2. The fourth-order valence-corrected chi connectivity index (χ4v) is 9.65. The van der Waals surface area contributed by atoms with Crippen LogP contribution in [0.5, 0.6) is 0 Å². The summed E-state index contributed by atoms with van der Waals surface area (Å²) in [5, 5.41) is 0. The summed E-state index contributed by atoms with van der Waals surface area (Å²) in [7, 11) is -4.92. The lowest BCUT2D eigenvalue weighted by Crippen LogP contribution is -2.51. The average molecular weight is 457 g/mol. The summed E-state index contributed by atoms with van der Waals surface area (Å²) in [4.78, 5) is 0. The van der Waals surface area contributed by atoms with Crippen molar-refractivity contribution in [1.29, 1.82) is 0 Å². The Kier molecular flexibility index (Phi) is 18.2. The molecule has 0 aromatic carbocycles. The van der Waals surface area contributed by atoms with Crippen LogP contribution in [-0.4, -0.2) is 29.8 Å². The molecule has 0 saturated heterocycles. The Morgan fingerprint density at radius 3 is 1.67 bits per heavy atom. The van der Waals surface area contributed by atoms with Crippen molar-refractivity contribution in [3.05, 3.63) is 24.6 Å². The van der Waals surface area contributed by atoms with Gasteiger partial charge in [-0.2, -0.15) is 0 Å². The topological polar surface area (TPSA) is 27.7 Å². The van der Waals surface area contributed by atoms with Crippen LogP contribution in [-0.2, 0) is 13.0 Å². The lowest BCUT2D eigenvalue weighted by molar-refractivity contribution is 0.147. The van der Waals surface area contributed by atoms with Crippen molar-refractivity contribution in [3.63, 3.8) is 0 Å². The van der Waals surface area contributed by atoms with Gasteiger partial charge >= 0.3 is 17.1 Å². The van der Waals surface area contributed by atoms with Gasteiger partial charge in [-0.1, -0.05) is 102 Å². The van der Waals surface area contributed by atoms with E-state index in [1.54, 1.807) is 0 Å². The molecule has 0 radical (unpaired) electrons. The Morgan fingerprint density at radius 2 is 1.17 bits per heavy atom. The predicted octanol–water partition coefficient (Wildman–Crippen LogP) is 8.52. The normalized spacial score (nSPS) is 16.6. The van der Waals surface area contributed by atoms with Gasteiger partial charge in [0.2, 0.25) is 0 Å². The van der Waals surface area contributed by atoms with Crippen molar-refractivity contribution in [2.45, 2.75) is 130 Å². The first-order valence-corrected chi connectivity index (χ1v) is 17.4. The molecule has 0 aromatic heterocycles. The minimum absolute atomic E-state index is 0.191. The molecule has 0 aromatic rings. The van der Waals surface area contributed by atoms with Crippen LogP contribution < -0.4 is 0 Å². The van der Waals surface area contributed by atoms with Crippen molar-refractivity contribution < 1.29 is 13.0 Å². The fourth-order valence-electron chi connectivity index (χ4n) is 3.65. The van der Waals surface area contributed by atoms with Crippen molar-refractivity contribution >= 4 is 17.1 Å². The number of unbranched alkanes of at least 4 members (excludes halogenated alkanes) is 11. The third-order valence-corrected chi connectivity index (χ3v) is 12.1. The van der Waals surface area contributed by atoms with Crippen molar-refractivity contribution in [1.82, 2.24) is 0 Å². The van der Waals surface area contributed by atoms with Gasteiger partial charge in [0.25, 0.3) is 0 Å². The van der Waals surface area contributed by atoms with Gasteiger partial charge in [-0.15, -0.1) is 13.2 Å². The first kappa shape index (κ1) is 29.8. The molecule has 0 N–H and O–H groups in total. The third kappa shape index (κ3) is 15.6. The lowest BCUT2D eigenvalue weighted by atomic mass is 10.1. The Labute approximate surface area is 191 Å². The molecular weight excluding hydrogens is 404 g/mol. The van der Waals surface area contributed by atoms with E-state index in [0.29, 0.717) is 0 Å². The van der Waals surface area contributed by atoms with Gasteiger partial charge in [0.15, 0.2) is 0 Å². The molecule has 0 fully saturated rings. The van der Waals surface area contributed by atoms with E-state index >= 15 is 0 Å². The van der Waals surface area contributed by atoms with E-state index in [9.17, 15) is 0 Å². The Balaban J connectivity index is 4.15. The van der Waals surface area contributed by atoms with Gasteiger partial charge in [-0.3, -0.25) is 0 Å². The molecule has 0 bridgehead atoms. The highest BCUT2D eigenvalue weighted by Crippen LogP contribution is 2.22. The Bertz CT molecular complexity index is 433. The van der Waals surface area contributed by atoms with Crippen molar-refractivity contribution in [3.8, 4) is 0 Å². The van der Waals surface area contributed by atoms with Gasteiger partial charge in [0, 0.05) is 12.7 Å². The fraction of sp³-hybridized carbons (Fsp3) is 0.840. The second-order valence-electron chi connectivity index (χ2n) is 9.00. The van der Waals surface area contributed by atoms with Crippen LogP contribution in [0, 0.1) is 0 Å². The minimum Gasteiger partial charge on any atom is -0.409 e. The summed E-state index contributed by atoms with van der Waals surface area (Å²) in [5.41, 5.74) is 3.78. The first-order valence-electron chi connectivity index (χ1n) is 12.6. The molecule has 178 valence electrons. The zero-order chi connectivity index (χ0) is 22.7. The van der Waals surface area contributed by atoms with E-state index in [-0.39, 0.29) is 6.10 Å². The van der Waals surface area contributed by atoms with E-state index in [4.69, 9.17) is 13.0 Å². The van der Waals surface area contributed by atoms with Gasteiger partial charge in [0.05, 0.1) is 0 Å². The standard InChI is InChI=1S/C25H52O3Si2/c1-8-12-14-15-16-17-18-19-20-22-24-26-29(6,10-3)28-30(7,11-4)27-25(5)23-21-13-9-2/h10-11,25H,3-4,8-9,12-24H2,1-2,5-7H3. The van der Waals surface area contributed by atoms with Crippen LogP contribution in [0.1, 0.15) is 111 Å². The van der Waals surface area contributed by atoms with Gasteiger partial charge in [0.1, 0.15) is 0 Å². The van der Waals surface area contributed by atoms with Gasteiger partial charge in [-0.25, -0.2) is 0 Å². The zero-order valence-electron chi connectivity index (χ0n) is 21.0. The molecule has 0 aliphatic rings. The van der Waals surface area contributed by atoms with Crippen LogP contribution in [0.25, 0.3) is 0 Å². The molecule has 3 atom stereocenters. The maximum absolute atomic E-state index is 6.49. The van der Waals surface area contributed by atoms with Crippen molar-refractivity contribution in [2.24, 2.45) is 0 Å². The van der Waals surface area contributed by atoms with Crippen molar-refractivity contribution in [2.75, 3.05) is 6.61 Å². The minimum atomic E-state index is -2.47. The Morgan fingerprint density at radius 1 is 0.700 bits per heavy atom. The zero-order valence-corrected chi connectivity index (χ0v) is 23.0. The monoisotopic (exact) mass is 456 g/mol. The summed E-state index contributed by atoms with van der Waals surface area (Å²) < 4.78 is 19.1. The molecule has 3 nitrogen and oxygen atoms in total. The van der Waals surface area contributed by atoms with E-state index in [1.807, 2.05) is 11.4 Å². The molecule has 0 amide bonds. The van der Waals surface area contributed by atoms with Gasteiger partial charge < -0.3 is 13.0 Å². The molecule has 0 spiro atoms. The van der Waals surface area contributed by atoms with E-state index in [2.05, 4.69) is 47.0 Å². The Hall–Kier alpha value is -0.206. The smallest absolute Gasteiger partial charge is 0.352 e. The molecule has 5 heteroatoms. The average Bonchev–Trinajstić information content (AvgIpc) is 2.72. The lowest BCUT2D eigenvalue weighted by Gasteiger charge is -2.35. The maximum Gasteiger partial charge on any atom is 0.352 e. The van der Waals surface area contributed by atoms with E-state index in [0.717, 1.165) is 19.4 Å². The summed E-state index contributed by atoms with van der Waals surface area (Å²) in [6.07, 6.45) is 18.2. The number of rotatable bonds is 22. The molecule has 0 rings (SSSR count). The third-order valence-electron chi connectivity index (χ3n) is 5.68.